The molecule has 2 nitrogen and oxygen atoms in total. The zero-order valence-corrected chi connectivity index (χ0v) is 17.6. The van der Waals surface area contributed by atoms with Gasteiger partial charge in [-0.25, -0.2) is 0 Å². The first-order valence-corrected chi connectivity index (χ1v) is 11.5. The molecule has 2 heterocycles. The average Bonchev–Trinajstić information content (AvgIpc) is 2.69. The molecular weight excluding hydrogens is 316 g/mol. The molecule has 2 rings (SSSR count). The van der Waals surface area contributed by atoms with Crippen molar-refractivity contribution in [3.8, 4) is 0 Å². The van der Waals surface area contributed by atoms with Crippen molar-refractivity contribution >= 4 is 0 Å². The van der Waals surface area contributed by atoms with Gasteiger partial charge in [0.25, 0.3) is 0 Å². The van der Waals surface area contributed by atoms with E-state index in [-0.39, 0.29) is 0 Å². The number of rotatable bonds is 13. The number of quaternary nitrogens is 1. The Morgan fingerprint density at radius 2 is 1.27 bits per heavy atom. The molecule has 0 aliphatic carbocycles. The van der Waals surface area contributed by atoms with Crippen LogP contribution in [0.15, 0.2) is 24.5 Å². The maximum Gasteiger partial charge on any atom is 0.0792 e. The Balaban J connectivity index is 1.83. The van der Waals surface area contributed by atoms with E-state index in [1.807, 2.05) is 12.4 Å². The molecule has 1 aliphatic heterocycles. The number of hydrogen-bond donors (Lipinski definition) is 0. The predicted octanol–water partition coefficient (Wildman–Crippen LogP) is 6.72. The van der Waals surface area contributed by atoms with Gasteiger partial charge in [-0.05, 0) is 49.3 Å². The fourth-order valence-electron chi connectivity index (χ4n) is 4.75. The van der Waals surface area contributed by atoms with E-state index in [1.165, 1.54) is 113 Å². The smallest absolute Gasteiger partial charge is 0.0792 e. The van der Waals surface area contributed by atoms with Crippen LogP contribution in [0, 0.1) is 0 Å². The van der Waals surface area contributed by atoms with Gasteiger partial charge in [-0.1, -0.05) is 52.4 Å². The Morgan fingerprint density at radius 1 is 0.769 bits per heavy atom. The highest BCUT2D eigenvalue weighted by atomic mass is 15.4. The summed E-state index contributed by atoms with van der Waals surface area (Å²) in [6.07, 6.45) is 20.8. The van der Waals surface area contributed by atoms with Gasteiger partial charge in [-0.2, -0.15) is 0 Å². The summed E-state index contributed by atoms with van der Waals surface area (Å²) in [6, 6.07) is 4.47. The van der Waals surface area contributed by atoms with E-state index in [4.69, 9.17) is 0 Å². The molecule has 1 saturated heterocycles. The zero-order valence-electron chi connectivity index (χ0n) is 17.6. The van der Waals surface area contributed by atoms with Crippen LogP contribution in [-0.2, 0) is 0 Å². The molecule has 0 unspecified atom stereocenters. The van der Waals surface area contributed by atoms with Gasteiger partial charge in [0.2, 0.25) is 0 Å². The normalized spacial score (nSPS) is 17.5. The monoisotopic (exact) mass is 359 g/mol. The van der Waals surface area contributed by atoms with Gasteiger partial charge in [0.1, 0.15) is 0 Å². The van der Waals surface area contributed by atoms with Crippen LogP contribution in [0.2, 0.25) is 0 Å². The van der Waals surface area contributed by atoms with Crippen molar-refractivity contribution < 1.29 is 4.48 Å². The molecule has 148 valence electrons. The van der Waals surface area contributed by atoms with E-state index >= 15 is 0 Å². The minimum Gasteiger partial charge on any atom is -0.324 e. The third-order valence-electron chi connectivity index (χ3n) is 6.55. The summed E-state index contributed by atoms with van der Waals surface area (Å²) in [4.78, 5) is 4.19. The second-order valence-electron chi connectivity index (χ2n) is 8.62. The summed E-state index contributed by atoms with van der Waals surface area (Å²) in [5.74, 6) is 0.768. The zero-order chi connectivity index (χ0) is 18.5. The Hall–Kier alpha value is -0.890. The number of piperidine rings is 1. The second kappa shape index (κ2) is 12.5. The number of pyridine rings is 1. The van der Waals surface area contributed by atoms with Crippen molar-refractivity contribution in [1.29, 1.82) is 0 Å². The first kappa shape index (κ1) is 21.4. The van der Waals surface area contributed by atoms with Gasteiger partial charge in [-0.15, -0.1) is 0 Å². The number of nitrogens with zero attached hydrogens (tertiary/aromatic N) is 2. The highest BCUT2D eigenvalue weighted by Crippen LogP contribution is 2.32. The van der Waals surface area contributed by atoms with Crippen LogP contribution in [0.1, 0.15) is 102 Å². The fourth-order valence-corrected chi connectivity index (χ4v) is 4.75. The van der Waals surface area contributed by atoms with Crippen molar-refractivity contribution in [3.63, 3.8) is 0 Å². The highest BCUT2D eigenvalue weighted by Gasteiger charge is 2.33. The standard InChI is InChI=1S/C24H43N2/c1-3-5-7-9-11-19-26(20-12-10-8-6-4-2)21-15-24(16-22-26)23-13-17-25-18-14-23/h13-14,17-18,24H,3-12,15-16,19-22H2,1-2H3/q+1. The topological polar surface area (TPSA) is 12.9 Å². The molecule has 0 radical (unpaired) electrons. The van der Waals surface area contributed by atoms with Crippen molar-refractivity contribution in [2.75, 3.05) is 26.2 Å². The van der Waals surface area contributed by atoms with Crippen LogP contribution in [0.25, 0.3) is 0 Å². The van der Waals surface area contributed by atoms with E-state index in [0.29, 0.717) is 0 Å². The fraction of sp³-hybridized carbons (Fsp3) is 0.792. The summed E-state index contributed by atoms with van der Waals surface area (Å²) >= 11 is 0. The molecule has 0 amide bonds. The Kier molecular flexibility index (Phi) is 10.3. The van der Waals surface area contributed by atoms with Crippen molar-refractivity contribution in [3.05, 3.63) is 30.1 Å². The number of aromatic nitrogens is 1. The van der Waals surface area contributed by atoms with Gasteiger partial charge < -0.3 is 4.48 Å². The maximum atomic E-state index is 4.19. The Labute approximate surface area is 163 Å². The number of hydrogen-bond acceptors (Lipinski definition) is 1. The van der Waals surface area contributed by atoms with Gasteiger partial charge in [0.05, 0.1) is 26.2 Å². The third kappa shape index (κ3) is 7.39. The maximum absolute atomic E-state index is 4.19. The molecule has 0 bridgehead atoms. The predicted molar refractivity (Wildman–Crippen MR) is 113 cm³/mol. The van der Waals surface area contributed by atoms with Crippen LogP contribution in [0.5, 0.6) is 0 Å². The molecule has 26 heavy (non-hydrogen) atoms. The molecule has 0 N–H and O–H groups in total. The first-order chi connectivity index (χ1) is 12.8. The molecular formula is C24H43N2+. The van der Waals surface area contributed by atoms with Crippen LogP contribution in [0.3, 0.4) is 0 Å². The molecule has 0 atom stereocenters. The number of unbranched alkanes of at least 4 members (excludes halogenated alkanes) is 8. The summed E-state index contributed by atoms with van der Waals surface area (Å²) in [5, 5.41) is 0. The minimum atomic E-state index is 0.768. The molecule has 1 aromatic rings. The van der Waals surface area contributed by atoms with Gasteiger partial charge in [-0.3, -0.25) is 4.98 Å². The minimum absolute atomic E-state index is 0.768. The van der Waals surface area contributed by atoms with Gasteiger partial charge in [0.15, 0.2) is 0 Å². The Bertz CT molecular complexity index is 433. The van der Waals surface area contributed by atoms with Crippen molar-refractivity contribution in [2.24, 2.45) is 0 Å². The summed E-state index contributed by atoms with van der Waals surface area (Å²) < 4.78 is 1.42. The van der Waals surface area contributed by atoms with E-state index in [0.717, 1.165) is 5.92 Å². The molecule has 0 aromatic carbocycles. The molecule has 1 aliphatic rings. The summed E-state index contributed by atoms with van der Waals surface area (Å²) in [5.41, 5.74) is 1.52. The van der Waals surface area contributed by atoms with Crippen LogP contribution in [0.4, 0.5) is 0 Å². The van der Waals surface area contributed by atoms with Gasteiger partial charge in [0, 0.05) is 25.2 Å². The molecule has 1 aromatic heterocycles. The summed E-state index contributed by atoms with van der Waals surface area (Å²) in [6.45, 7) is 10.3. The van der Waals surface area contributed by atoms with E-state index in [1.54, 1.807) is 0 Å². The SMILES string of the molecule is CCCCCCC[N+]1(CCCCCCC)CCC(c2ccncc2)CC1. The average molecular weight is 360 g/mol. The van der Waals surface area contributed by atoms with Crippen molar-refractivity contribution in [2.45, 2.75) is 96.8 Å². The Morgan fingerprint density at radius 3 is 1.77 bits per heavy atom. The highest BCUT2D eigenvalue weighted by molar-refractivity contribution is 5.15. The first-order valence-electron chi connectivity index (χ1n) is 11.5. The largest absolute Gasteiger partial charge is 0.324 e. The van der Waals surface area contributed by atoms with Gasteiger partial charge >= 0.3 is 0 Å². The molecule has 0 saturated carbocycles. The van der Waals surface area contributed by atoms with Crippen LogP contribution >= 0.6 is 0 Å². The third-order valence-corrected chi connectivity index (χ3v) is 6.55. The van der Waals surface area contributed by atoms with E-state index < -0.39 is 0 Å². The molecule has 2 heteroatoms. The molecule has 1 fully saturated rings. The van der Waals surface area contributed by atoms with E-state index in [9.17, 15) is 0 Å². The number of likely N-dealkylation sites (tertiary alicyclic amines) is 1. The van der Waals surface area contributed by atoms with Crippen LogP contribution < -0.4 is 0 Å². The van der Waals surface area contributed by atoms with Crippen molar-refractivity contribution in [1.82, 2.24) is 4.98 Å². The quantitative estimate of drug-likeness (QED) is 0.281. The van der Waals surface area contributed by atoms with E-state index in [2.05, 4.69) is 31.0 Å². The second-order valence-corrected chi connectivity index (χ2v) is 8.62. The lowest BCUT2D eigenvalue weighted by Gasteiger charge is -2.44. The lowest BCUT2D eigenvalue weighted by atomic mass is 9.88. The molecule has 0 spiro atoms. The van der Waals surface area contributed by atoms with Crippen LogP contribution in [-0.4, -0.2) is 35.6 Å². The summed E-state index contributed by atoms with van der Waals surface area (Å²) in [7, 11) is 0. The lowest BCUT2D eigenvalue weighted by molar-refractivity contribution is -0.933. The lowest BCUT2D eigenvalue weighted by Crippen LogP contribution is -2.53.